The minimum Gasteiger partial charge on any atom is -0.496 e. The number of nitrogens with one attached hydrogen (secondary N) is 1. The first-order valence-electron chi connectivity index (χ1n) is 7.80. The molecule has 8 heteroatoms. The minimum absolute atomic E-state index is 0. The van der Waals surface area contributed by atoms with Crippen molar-refractivity contribution in [1.29, 1.82) is 0 Å². The summed E-state index contributed by atoms with van der Waals surface area (Å²) in [6, 6.07) is 4.36. The van der Waals surface area contributed by atoms with E-state index in [1.54, 1.807) is 6.92 Å². The molecule has 24 heavy (non-hydrogen) atoms. The zero-order chi connectivity index (χ0) is 17.5. The van der Waals surface area contributed by atoms with Crippen LogP contribution in [0.5, 0.6) is 5.75 Å². The molecular formula is C16H27ClN2O4S. The Kier molecular flexibility index (Phi) is 9.96. The van der Waals surface area contributed by atoms with Crippen molar-refractivity contribution in [3.8, 4) is 5.75 Å². The second kappa shape index (κ2) is 10.5. The highest BCUT2D eigenvalue weighted by Gasteiger charge is 2.18. The molecule has 1 amide bonds. The zero-order valence-corrected chi connectivity index (χ0v) is 16.3. The quantitative estimate of drug-likeness (QED) is 0.711. The van der Waals surface area contributed by atoms with E-state index in [0.717, 1.165) is 19.6 Å². The first kappa shape index (κ1) is 22.7. The third-order valence-corrected chi connectivity index (χ3v) is 5.49. The van der Waals surface area contributed by atoms with Gasteiger partial charge in [-0.15, -0.1) is 12.4 Å². The lowest BCUT2D eigenvalue weighted by molar-refractivity contribution is 0.0945. The summed E-state index contributed by atoms with van der Waals surface area (Å²) in [5, 5.41) is 2.81. The Bertz CT molecular complexity index is 631. The van der Waals surface area contributed by atoms with Crippen LogP contribution in [0.1, 0.15) is 31.1 Å². The number of carbonyl (C=O) groups is 1. The summed E-state index contributed by atoms with van der Waals surface area (Å²) in [4.78, 5) is 14.7. The molecule has 0 spiro atoms. The van der Waals surface area contributed by atoms with Gasteiger partial charge in [0.2, 0.25) is 0 Å². The van der Waals surface area contributed by atoms with Gasteiger partial charge in [-0.25, -0.2) is 8.42 Å². The van der Waals surface area contributed by atoms with Crippen LogP contribution in [-0.2, 0) is 9.84 Å². The molecule has 1 aromatic rings. The van der Waals surface area contributed by atoms with Crippen molar-refractivity contribution in [3.63, 3.8) is 0 Å². The number of halogens is 1. The van der Waals surface area contributed by atoms with Crippen LogP contribution in [-0.4, -0.2) is 58.3 Å². The zero-order valence-electron chi connectivity index (χ0n) is 14.7. The van der Waals surface area contributed by atoms with E-state index in [1.807, 2.05) is 0 Å². The number of rotatable bonds is 9. The molecule has 0 saturated carbocycles. The maximum absolute atomic E-state index is 12.3. The van der Waals surface area contributed by atoms with Crippen LogP contribution in [0, 0.1) is 0 Å². The van der Waals surface area contributed by atoms with Gasteiger partial charge in [-0.3, -0.25) is 4.79 Å². The van der Waals surface area contributed by atoms with Gasteiger partial charge in [0.05, 0.1) is 23.3 Å². The molecule has 138 valence electrons. The molecule has 0 fully saturated rings. The lowest BCUT2D eigenvalue weighted by atomic mass is 10.2. The summed E-state index contributed by atoms with van der Waals surface area (Å²) >= 11 is 0. The van der Waals surface area contributed by atoms with E-state index in [-0.39, 0.29) is 34.5 Å². The van der Waals surface area contributed by atoms with Crippen molar-refractivity contribution < 1.29 is 17.9 Å². The van der Waals surface area contributed by atoms with Gasteiger partial charge in [0.1, 0.15) is 5.75 Å². The third kappa shape index (κ3) is 5.96. The first-order chi connectivity index (χ1) is 10.9. The SMILES string of the molecule is CCN(CC)CCNC(=O)c1cc(S(=O)(=O)CC)ccc1OC.Cl. The molecule has 0 aliphatic heterocycles. The van der Waals surface area contributed by atoms with Crippen LogP contribution in [0.3, 0.4) is 0 Å². The maximum Gasteiger partial charge on any atom is 0.255 e. The highest BCUT2D eigenvalue weighted by molar-refractivity contribution is 7.91. The fourth-order valence-corrected chi connectivity index (χ4v) is 3.09. The third-order valence-electron chi connectivity index (χ3n) is 3.76. The molecule has 0 aromatic heterocycles. The van der Waals surface area contributed by atoms with E-state index in [4.69, 9.17) is 4.74 Å². The van der Waals surface area contributed by atoms with Gasteiger partial charge in [0.25, 0.3) is 5.91 Å². The molecular weight excluding hydrogens is 352 g/mol. The molecule has 0 heterocycles. The minimum atomic E-state index is -3.36. The van der Waals surface area contributed by atoms with Crippen LogP contribution in [0.4, 0.5) is 0 Å². The van der Waals surface area contributed by atoms with Gasteiger partial charge in [0.15, 0.2) is 9.84 Å². The van der Waals surface area contributed by atoms with Gasteiger partial charge in [0, 0.05) is 13.1 Å². The molecule has 0 saturated heterocycles. The number of carbonyl (C=O) groups excluding carboxylic acids is 1. The van der Waals surface area contributed by atoms with Gasteiger partial charge < -0.3 is 15.0 Å². The number of hydrogen-bond donors (Lipinski definition) is 1. The second-order valence-electron chi connectivity index (χ2n) is 5.05. The Labute approximate surface area is 150 Å². The number of sulfone groups is 1. The molecule has 0 unspecified atom stereocenters. The topological polar surface area (TPSA) is 75.7 Å². The van der Waals surface area contributed by atoms with Crippen LogP contribution in [0.15, 0.2) is 23.1 Å². The van der Waals surface area contributed by atoms with E-state index >= 15 is 0 Å². The van der Waals surface area contributed by atoms with E-state index in [9.17, 15) is 13.2 Å². The molecule has 0 aliphatic carbocycles. The molecule has 1 aromatic carbocycles. The number of nitrogens with zero attached hydrogens (tertiary/aromatic N) is 1. The fourth-order valence-electron chi connectivity index (χ4n) is 2.19. The normalized spacial score (nSPS) is 11.0. The number of methoxy groups -OCH3 is 1. The standard InChI is InChI=1S/C16H26N2O4S.ClH/c1-5-18(6-2)11-10-17-16(19)14-12-13(23(20,21)7-3)8-9-15(14)22-4;/h8-9,12H,5-7,10-11H2,1-4H3,(H,17,19);1H. The summed E-state index contributed by atoms with van der Waals surface area (Å²) in [6.45, 7) is 8.77. The van der Waals surface area contributed by atoms with Crippen molar-refractivity contribution in [1.82, 2.24) is 10.2 Å². The summed E-state index contributed by atoms with van der Waals surface area (Å²) < 4.78 is 29.1. The monoisotopic (exact) mass is 378 g/mol. The van der Waals surface area contributed by atoms with Crippen molar-refractivity contribution in [2.75, 3.05) is 39.0 Å². The van der Waals surface area contributed by atoms with E-state index in [1.165, 1.54) is 25.3 Å². The predicted molar refractivity (Wildman–Crippen MR) is 98.1 cm³/mol. The second-order valence-corrected chi connectivity index (χ2v) is 7.33. The number of likely N-dealkylation sites (N-methyl/N-ethyl adjacent to an activating group) is 1. The van der Waals surface area contributed by atoms with Gasteiger partial charge in [-0.05, 0) is 31.3 Å². The predicted octanol–water partition coefficient (Wildman–Crippen LogP) is 1.98. The molecule has 0 bridgehead atoms. The molecule has 6 nitrogen and oxygen atoms in total. The Balaban J connectivity index is 0.00000529. The summed E-state index contributed by atoms with van der Waals surface area (Å²) in [6.07, 6.45) is 0. The number of benzene rings is 1. The molecule has 1 N–H and O–H groups in total. The molecule has 0 radical (unpaired) electrons. The van der Waals surface area contributed by atoms with Crippen molar-refractivity contribution in [3.05, 3.63) is 23.8 Å². The molecule has 1 rings (SSSR count). The highest BCUT2D eigenvalue weighted by Crippen LogP contribution is 2.23. The molecule has 0 atom stereocenters. The van der Waals surface area contributed by atoms with E-state index in [0.29, 0.717) is 12.3 Å². The van der Waals surface area contributed by atoms with E-state index in [2.05, 4.69) is 24.1 Å². The Morgan fingerprint density at radius 1 is 1.21 bits per heavy atom. The van der Waals surface area contributed by atoms with Gasteiger partial charge in [-0.2, -0.15) is 0 Å². The van der Waals surface area contributed by atoms with Crippen LogP contribution < -0.4 is 10.1 Å². The van der Waals surface area contributed by atoms with Crippen LogP contribution >= 0.6 is 12.4 Å². The fraction of sp³-hybridized carbons (Fsp3) is 0.562. The molecule has 0 aliphatic rings. The largest absolute Gasteiger partial charge is 0.496 e. The van der Waals surface area contributed by atoms with Crippen molar-refractivity contribution in [2.45, 2.75) is 25.7 Å². The highest BCUT2D eigenvalue weighted by atomic mass is 35.5. The number of amides is 1. The summed E-state index contributed by atoms with van der Waals surface area (Å²) in [5.74, 6) is 0.0186. The van der Waals surface area contributed by atoms with Crippen molar-refractivity contribution in [2.24, 2.45) is 0 Å². The summed E-state index contributed by atoms with van der Waals surface area (Å²) in [7, 11) is -1.91. The van der Waals surface area contributed by atoms with Gasteiger partial charge in [-0.1, -0.05) is 20.8 Å². The maximum atomic E-state index is 12.3. The van der Waals surface area contributed by atoms with Gasteiger partial charge >= 0.3 is 0 Å². The average molecular weight is 379 g/mol. The number of ether oxygens (including phenoxy) is 1. The average Bonchev–Trinajstić information content (AvgIpc) is 2.57. The smallest absolute Gasteiger partial charge is 0.255 e. The van der Waals surface area contributed by atoms with Crippen LogP contribution in [0.25, 0.3) is 0 Å². The Morgan fingerprint density at radius 3 is 2.33 bits per heavy atom. The van der Waals surface area contributed by atoms with Crippen molar-refractivity contribution >= 4 is 28.2 Å². The Morgan fingerprint density at radius 2 is 1.83 bits per heavy atom. The van der Waals surface area contributed by atoms with E-state index < -0.39 is 9.84 Å². The first-order valence-corrected chi connectivity index (χ1v) is 9.46. The lowest BCUT2D eigenvalue weighted by Crippen LogP contribution is -2.35. The summed E-state index contributed by atoms with van der Waals surface area (Å²) in [5.41, 5.74) is 0.238. The number of hydrogen-bond acceptors (Lipinski definition) is 5. The Hall–Kier alpha value is -1.31. The lowest BCUT2D eigenvalue weighted by Gasteiger charge is -2.18. The van der Waals surface area contributed by atoms with Crippen LogP contribution in [0.2, 0.25) is 0 Å².